The molecule has 0 saturated heterocycles. The third kappa shape index (κ3) is 2.93. The number of ketones is 1. The Labute approximate surface area is 148 Å². The minimum Gasteiger partial charge on any atom is -0.496 e. The van der Waals surface area contributed by atoms with Crippen LogP contribution in [0.2, 0.25) is 0 Å². The normalized spacial score (nSPS) is 10.8. The van der Waals surface area contributed by atoms with Gasteiger partial charge in [0.15, 0.2) is 5.78 Å². The monoisotopic (exact) mass is 357 g/mol. The van der Waals surface area contributed by atoms with Gasteiger partial charge in [0.05, 0.1) is 18.2 Å². The molecule has 0 fully saturated rings. The molecular weight excluding hydrogens is 341 g/mol. The number of nitrogens with one attached hydrogen (secondary N) is 1. The molecule has 6 nitrogen and oxygen atoms in total. The maximum absolute atomic E-state index is 13.2. The molecule has 0 bridgehead atoms. The first kappa shape index (κ1) is 17.6. The minimum atomic E-state index is -0.685. The highest BCUT2D eigenvalue weighted by atomic mass is 19.1. The second kappa shape index (κ2) is 6.97. The molecule has 3 rings (SSSR count). The molecule has 0 aliphatic rings. The van der Waals surface area contributed by atoms with Crippen LogP contribution in [-0.2, 0) is 0 Å². The average Bonchev–Trinajstić information content (AvgIpc) is 3.04. The zero-order valence-corrected chi connectivity index (χ0v) is 14.1. The van der Waals surface area contributed by atoms with Gasteiger partial charge in [0, 0.05) is 18.0 Å². The number of hydrogen-bond acceptors (Lipinski definition) is 5. The van der Waals surface area contributed by atoms with Gasteiger partial charge in [-0.25, -0.2) is 4.39 Å². The van der Waals surface area contributed by atoms with Gasteiger partial charge in [0.25, 0.3) is 5.91 Å². The summed E-state index contributed by atoms with van der Waals surface area (Å²) in [4.78, 5) is 24.4. The summed E-state index contributed by atoms with van der Waals surface area (Å²) in [5, 5.41) is 12.1. The maximum atomic E-state index is 13.2. The predicted molar refractivity (Wildman–Crippen MR) is 93.0 cm³/mol. The standard InChI is InChI=1S/C19H16FNO5/c1-21-19(24)17-13-8-15(25-2)12(14(23)9-22)7-16(13)26-18(17)10-3-5-11(20)6-4-10/h3-8,22H,9H2,1-2H3,(H,21,24). The van der Waals surface area contributed by atoms with Crippen molar-refractivity contribution in [2.75, 3.05) is 20.8 Å². The number of Topliss-reactive ketones (excluding diaryl/α,β-unsaturated/α-hetero) is 1. The Morgan fingerprint density at radius 1 is 1.23 bits per heavy atom. The number of amides is 1. The molecule has 26 heavy (non-hydrogen) atoms. The Kier molecular flexibility index (Phi) is 4.73. The summed E-state index contributed by atoms with van der Waals surface area (Å²) < 4.78 is 24.3. The Morgan fingerprint density at radius 2 is 1.92 bits per heavy atom. The van der Waals surface area contributed by atoms with Crippen LogP contribution in [-0.4, -0.2) is 37.6 Å². The highest BCUT2D eigenvalue weighted by Crippen LogP contribution is 2.37. The molecule has 3 aromatic rings. The highest BCUT2D eigenvalue weighted by Gasteiger charge is 2.24. The topological polar surface area (TPSA) is 88.8 Å². The predicted octanol–water partition coefficient (Wildman–Crippen LogP) is 2.78. The fourth-order valence-electron chi connectivity index (χ4n) is 2.75. The van der Waals surface area contributed by atoms with E-state index >= 15 is 0 Å². The van der Waals surface area contributed by atoms with Gasteiger partial charge in [-0.15, -0.1) is 0 Å². The van der Waals surface area contributed by atoms with Gasteiger partial charge < -0.3 is 19.6 Å². The molecule has 0 unspecified atom stereocenters. The van der Waals surface area contributed by atoms with E-state index in [9.17, 15) is 14.0 Å². The van der Waals surface area contributed by atoms with Crippen molar-refractivity contribution in [3.63, 3.8) is 0 Å². The molecule has 0 spiro atoms. The lowest BCUT2D eigenvalue weighted by Crippen LogP contribution is -2.18. The average molecular weight is 357 g/mol. The molecule has 1 amide bonds. The van der Waals surface area contributed by atoms with Crippen LogP contribution < -0.4 is 10.1 Å². The number of ether oxygens (including phenoxy) is 1. The van der Waals surface area contributed by atoms with E-state index < -0.39 is 24.1 Å². The van der Waals surface area contributed by atoms with E-state index in [1.54, 1.807) is 0 Å². The van der Waals surface area contributed by atoms with Crippen LogP contribution in [0, 0.1) is 5.82 Å². The van der Waals surface area contributed by atoms with Crippen molar-refractivity contribution in [2.45, 2.75) is 0 Å². The van der Waals surface area contributed by atoms with Crippen LogP contribution >= 0.6 is 0 Å². The number of aliphatic hydroxyl groups excluding tert-OH is 1. The highest BCUT2D eigenvalue weighted by molar-refractivity contribution is 6.13. The Hall–Kier alpha value is -3.19. The summed E-state index contributed by atoms with van der Waals surface area (Å²) in [5.41, 5.74) is 1.18. The van der Waals surface area contributed by atoms with Crippen molar-refractivity contribution in [2.24, 2.45) is 0 Å². The number of rotatable bonds is 5. The first-order chi connectivity index (χ1) is 12.5. The van der Waals surface area contributed by atoms with Crippen LogP contribution in [0.25, 0.3) is 22.3 Å². The molecule has 0 aliphatic heterocycles. The van der Waals surface area contributed by atoms with E-state index in [1.807, 2.05) is 0 Å². The van der Waals surface area contributed by atoms with Gasteiger partial charge in [0.1, 0.15) is 29.5 Å². The summed E-state index contributed by atoms with van der Waals surface area (Å²) in [7, 11) is 2.87. The summed E-state index contributed by atoms with van der Waals surface area (Å²) in [6.45, 7) is -0.685. The largest absolute Gasteiger partial charge is 0.496 e. The van der Waals surface area contributed by atoms with E-state index in [0.29, 0.717) is 10.9 Å². The second-order valence-corrected chi connectivity index (χ2v) is 5.52. The van der Waals surface area contributed by atoms with E-state index in [1.165, 1.54) is 50.6 Å². The van der Waals surface area contributed by atoms with Crippen molar-refractivity contribution in [1.29, 1.82) is 0 Å². The number of methoxy groups -OCH3 is 1. The summed E-state index contributed by atoms with van der Waals surface area (Å²) in [5.74, 6) is -0.886. The molecule has 2 aromatic carbocycles. The molecule has 7 heteroatoms. The van der Waals surface area contributed by atoms with Crippen molar-refractivity contribution in [3.8, 4) is 17.1 Å². The van der Waals surface area contributed by atoms with E-state index in [2.05, 4.69) is 5.32 Å². The van der Waals surface area contributed by atoms with Crippen molar-refractivity contribution < 1.29 is 28.2 Å². The van der Waals surface area contributed by atoms with Gasteiger partial charge in [-0.1, -0.05) is 0 Å². The number of fused-ring (bicyclic) bond motifs is 1. The van der Waals surface area contributed by atoms with Crippen LogP contribution in [0.3, 0.4) is 0 Å². The lowest BCUT2D eigenvalue weighted by molar-refractivity contribution is 0.0900. The molecule has 0 radical (unpaired) electrons. The molecule has 2 N–H and O–H groups in total. The fraction of sp³-hybridized carbons (Fsp3) is 0.158. The summed E-state index contributed by atoms with van der Waals surface area (Å²) in [6, 6.07) is 8.45. The quantitative estimate of drug-likeness (QED) is 0.686. The zero-order valence-electron chi connectivity index (χ0n) is 14.1. The van der Waals surface area contributed by atoms with E-state index in [4.69, 9.17) is 14.3 Å². The third-order valence-electron chi connectivity index (χ3n) is 4.01. The number of carbonyl (C=O) groups is 2. The summed E-state index contributed by atoms with van der Waals surface area (Å²) in [6.07, 6.45) is 0. The van der Waals surface area contributed by atoms with Gasteiger partial charge in [-0.3, -0.25) is 9.59 Å². The smallest absolute Gasteiger partial charge is 0.255 e. The SMILES string of the molecule is CNC(=O)c1c(-c2ccc(F)cc2)oc2cc(C(=O)CO)c(OC)cc12. The third-order valence-corrected chi connectivity index (χ3v) is 4.01. The number of aliphatic hydroxyl groups is 1. The zero-order chi connectivity index (χ0) is 18.8. The molecule has 134 valence electrons. The second-order valence-electron chi connectivity index (χ2n) is 5.52. The number of halogens is 1. The molecule has 0 saturated carbocycles. The van der Waals surface area contributed by atoms with Gasteiger partial charge >= 0.3 is 0 Å². The molecule has 0 aliphatic carbocycles. The Morgan fingerprint density at radius 3 is 2.50 bits per heavy atom. The van der Waals surface area contributed by atoms with Gasteiger partial charge in [0.2, 0.25) is 0 Å². The molecule has 1 aromatic heterocycles. The lowest BCUT2D eigenvalue weighted by atomic mass is 10.0. The Balaban J connectivity index is 2.32. The van der Waals surface area contributed by atoms with Crippen molar-refractivity contribution >= 4 is 22.7 Å². The number of furan rings is 1. The molecular formula is C19H16FNO5. The van der Waals surface area contributed by atoms with Crippen LogP contribution in [0.4, 0.5) is 4.39 Å². The number of benzene rings is 2. The van der Waals surface area contributed by atoms with Crippen molar-refractivity contribution in [3.05, 3.63) is 53.3 Å². The van der Waals surface area contributed by atoms with E-state index in [-0.39, 0.29) is 28.2 Å². The van der Waals surface area contributed by atoms with Gasteiger partial charge in [-0.2, -0.15) is 0 Å². The maximum Gasteiger partial charge on any atom is 0.255 e. The van der Waals surface area contributed by atoms with Gasteiger partial charge in [-0.05, 0) is 36.4 Å². The first-order valence-corrected chi connectivity index (χ1v) is 7.76. The number of hydrogen-bond donors (Lipinski definition) is 2. The van der Waals surface area contributed by atoms with Crippen molar-refractivity contribution in [1.82, 2.24) is 5.32 Å². The Bertz CT molecular complexity index is 991. The lowest BCUT2D eigenvalue weighted by Gasteiger charge is -2.07. The fourth-order valence-corrected chi connectivity index (χ4v) is 2.75. The van der Waals surface area contributed by atoms with Crippen LogP contribution in [0.5, 0.6) is 5.75 Å². The molecule has 1 heterocycles. The van der Waals surface area contributed by atoms with Crippen LogP contribution in [0.15, 0.2) is 40.8 Å². The first-order valence-electron chi connectivity index (χ1n) is 7.76. The molecule has 0 atom stereocenters. The summed E-state index contributed by atoms with van der Waals surface area (Å²) >= 11 is 0. The minimum absolute atomic E-state index is 0.144. The van der Waals surface area contributed by atoms with E-state index in [0.717, 1.165) is 0 Å². The number of carbonyl (C=O) groups excluding carboxylic acids is 2. The van der Waals surface area contributed by atoms with Crippen LogP contribution in [0.1, 0.15) is 20.7 Å².